The Hall–Kier alpha value is -1.40. The molecular weight excluding hydrogens is 252 g/mol. The van der Waals surface area contributed by atoms with Crippen molar-refractivity contribution in [2.24, 2.45) is 11.8 Å². The second kappa shape index (κ2) is 6.85. The van der Waals surface area contributed by atoms with E-state index < -0.39 is 0 Å². The molecule has 2 heterocycles. The number of nitrogens with zero attached hydrogens (tertiary/aromatic N) is 4. The minimum Gasteiger partial charge on any atom is -0.359 e. The molecule has 6 nitrogen and oxygen atoms in total. The molecule has 0 bridgehead atoms. The molecule has 0 atom stereocenters. The van der Waals surface area contributed by atoms with E-state index in [0.717, 1.165) is 36.1 Å². The summed E-state index contributed by atoms with van der Waals surface area (Å²) in [6.07, 6.45) is 4.97. The Kier molecular flexibility index (Phi) is 5.14. The number of rotatable bonds is 5. The Morgan fingerprint density at radius 3 is 2.70 bits per heavy atom. The minimum atomic E-state index is 0.729. The zero-order chi connectivity index (χ0) is 14.5. The van der Waals surface area contributed by atoms with Gasteiger partial charge in [-0.05, 0) is 45.3 Å². The van der Waals surface area contributed by atoms with Crippen molar-refractivity contribution >= 4 is 11.6 Å². The molecule has 1 saturated heterocycles. The van der Waals surface area contributed by atoms with Crippen LogP contribution in [0, 0.1) is 5.92 Å². The predicted molar refractivity (Wildman–Crippen MR) is 82.7 cm³/mol. The van der Waals surface area contributed by atoms with Gasteiger partial charge in [0.05, 0.1) is 0 Å². The van der Waals surface area contributed by atoms with Crippen molar-refractivity contribution in [3.63, 3.8) is 0 Å². The number of anilines is 2. The molecule has 1 aliphatic rings. The van der Waals surface area contributed by atoms with Crippen molar-refractivity contribution in [2.45, 2.75) is 26.2 Å². The summed E-state index contributed by atoms with van der Waals surface area (Å²) in [6, 6.07) is 0. The fraction of sp³-hybridized carbons (Fsp3) is 0.714. The standard InChI is InChI=1S/C14H26N6/c1-4-12-13(18-15)16-10-17-14(12)20(3)9-11-5-7-19(2)8-6-11/h10-11H,4-9,15H2,1-3H3,(H,16,17,18). The third-order valence-corrected chi connectivity index (χ3v) is 4.14. The molecule has 0 aliphatic carbocycles. The van der Waals surface area contributed by atoms with Crippen LogP contribution in [0.2, 0.25) is 0 Å². The molecule has 112 valence electrons. The molecule has 0 saturated carbocycles. The Balaban J connectivity index is 2.07. The highest BCUT2D eigenvalue weighted by Crippen LogP contribution is 2.25. The number of nitrogens with one attached hydrogen (secondary N) is 1. The zero-order valence-corrected chi connectivity index (χ0v) is 12.8. The largest absolute Gasteiger partial charge is 0.359 e. The van der Waals surface area contributed by atoms with Gasteiger partial charge in [-0.15, -0.1) is 0 Å². The molecule has 1 fully saturated rings. The van der Waals surface area contributed by atoms with Gasteiger partial charge >= 0.3 is 0 Å². The first-order chi connectivity index (χ1) is 9.65. The molecule has 2 rings (SSSR count). The van der Waals surface area contributed by atoms with Crippen LogP contribution in [0.25, 0.3) is 0 Å². The average molecular weight is 278 g/mol. The van der Waals surface area contributed by atoms with Gasteiger partial charge in [0.15, 0.2) is 0 Å². The van der Waals surface area contributed by atoms with Crippen LogP contribution in [0.4, 0.5) is 11.6 Å². The molecule has 20 heavy (non-hydrogen) atoms. The summed E-state index contributed by atoms with van der Waals surface area (Å²) in [5.74, 6) is 8.00. The summed E-state index contributed by atoms with van der Waals surface area (Å²) in [6.45, 7) is 5.53. The summed E-state index contributed by atoms with van der Waals surface area (Å²) >= 11 is 0. The fourth-order valence-electron chi connectivity index (χ4n) is 2.90. The van der Waals surface area contributed by atoms with E-state index in [4.69, 9.17) is 5.84 Å². The lowest BCUT2D eigenvalue weighted by molar-refractivity contribution is 0.222. The first kappa shape index (κ1) is 15.0. The topological polar surface area (TPSA) is 70.3 Å². The van der Waals surface area contributed by atoms with Gasteiger partial charge in [0.1, 0.15) is 18.0 Å². The number of likely N-dealkylation sites (tertiary alicyclic amines) is 1. The molecule has 1 aromatic rings. The predicted octanol–water partition coefficient (Wildman–Crippen LogP) is 1.10. The van der Waals surface area contributed by atoms with Gasteiger partial charge < -0.3 is 15.2 Å². The molecule has 0 spiro atoms. The number of piperidine rings is 1. The lowest BCUT2D eigenvalue weighted by Gasteiger charge is -2.32. The third kappa shape index (κ3) is 3.37. The molecule has 3 N–H and O–H groups in total. The van der Waals surface area contributed by atoms with Crippen molar-refractivity contribution in [2.75, 3.05) is 44.1 Å². The first-order valence-corrected chi connectivity index (χ1v) is 7.35. The molecule has 6 heteroatoms. The summed E-state index contributed by atoms with van der Waals surface area (Å²) in [5.41, 5.74) is 3.76. The molecule has 0 unspecified atom stereocenters. The normalized spacial score (nSPS) is 17.2. The second-order valence-electron chi connectivity index (χ2n) is 5.65. The Labute approximate surface area is 121 Å². The Bertz CT molecular complexity index is 428. The van der Waals surface area contributed by atoms with Gasteiger partial charge in [-0.2, -0.15) is 0 Å². The maximum atomic E-state index is 5.53. The highest BCUT2D eigenvalue weighted by atomic mass is 15.3. The van der Waals surface area contributed by atoms with Crippen LogP contribution in [0.3, 0.4) is 0 Å². The summed E-state index contributed by atoms with van der Waals surface area (Å²) < 4.78 is 0. The van der Waals surface area contributed by atoms with Crippen LogP contribution in [0.1, 0.15) is 25.3 Å². The molecule has 0 amide bonds. The monoisotopic (exact) mass is 278 g/mol. The molecule has 0 radical (unpaired) electrons. The van der Waals surface area contributed by atoms with Gasteiger partial charge in [0.25, 0.3) is 0 Å². The van der Waals surface area contributed by atoms with Gasteiger partial charge in [-0.1, -0.05) is 6.92 Å². The SMILES string of the molecule is CCc1c(NN)ncnc1N(C)CC1CCN(C)CC1. The number of nitrogens with two attached hydrogens (primary N) is 1. The van der Waals surface area contributed by atoms with Crippen molar-refractivity contribution < 1.29 is 0 Å². The van der Waals surface area contributed by atoms with Crippen LogP contribution in [0.15, 0.2) is 6.33 Å². The van der Waals surface area contributed by atoms with E-state index in [0.29, 0.717) is 0 Å². The number of hydrazine groups is 1. The van der Waals surface area contributed by atoms with Gasteiger partial charge in [0.2, 0.25) is 0 Å². The second-order valence-corrected chi connectivity index (χ2v) is 5.65. The zero-order valence-electron chi connectivity index (χ0n) is 12.8. The van der Waals surface area contributed by atoms with E-state index >= 15 is 0 Å². The highest BCUT2D eigenvalue weighted by molar-refractivity contribution is 5.57. The molecule has 1 aromatic heterocycles. The average Bonchev–Trinajstić information content (AvgIpc) is 2.48. The number of aromatic nitrogens is 2. The quantitative estimate of drug-likeness (QED) is 0.621. The van der Waals surface area contributed by atoms with Gasteiger partial charge in [-0.3, -0.25) is 0 Å². The highest BCUT2D eigenvalue weighted by Gasteiger charge is 2.20. The summed E-state index contributed by atoms with van der Waals surface area (Å²) in [5, 5.41) is 0. The lowest BCUT2D eigenvalue weighted by Crippen LogP contribution is -2.36. The van der Waals surface area contributed by atoms with Gasteiger partial charge in [-0.25, -0.2) is 15.8 Å². The molecule has 1 aliphatic heterocycles. The van der Waals surface area contributed by atoms with Crippen molar-refractivity contribution in [1.29, 1.82) is 0 Å². The Morgan fingerprint density at radius 2 is 2.10 bits per heavy atom. The Morgan fingerprint density at radius 1 is 1.40 bits per heavy atom. The summed E-state index contributed by atoms with van der Waals surface area (Å²) in [7, 11) is 4.30. The number of hydrogen-bond acceptors (Lipinski definition) is 6. The lowest BCUT2D eigenvalue weighted by atomic mass is 9.96. The number of hydrogen-bond donors (Lipinski definition) is 2. The van der Waals surface area contributed by atoms with E-state index in [1.165, 1.54) is 25.9 Å². The van der Waals surface area contributed by atoms with Crippen molar-refractivity contribution in [3.8, 4) is 0 Å². The van der Waals surface area contributed by atoms with Crippen LogP contribution in [-0.4, -0.2) is 48.6 Å². The van der Waals surface area contributed by atoms with E-state index in [-0.39, 0.29) is 0 Å². The number of nitrogen functional groups attached to an aromatic ring is 1. The third-order valence-electron chi connectivity index (χ3n) is 4.14. The van der Waals surface area contributed by atoms with Crippen LogP contribution in [-0.2, 0) is 6.42 Å². The van der Waals surface area contributed by atoms with E-state index in [2.05, 4.69) is 46.2 Å². The van der Waals surface area contributed by atoms with Crippen molar-refractivity contribution in [1.82, 2.24) is 14.9 Å². The summed E-state index contributed by atoms with van der Waals surface area (Å²) in [4.78, 5) is 13.3. The van der Waals surface area contributed by atoms with E-state index in [9.17, 15) is 0 Å². The molecule has 0 aromatic carbocycles. The fourth-order valence-corrected chi connectivity index (χ4v) is 2.90. The minimum absolute atomic E-state index is 0.729. The van der Waals surface area contributed by atoms with Gasteiger partial charge in [0, 0.05) is 19.2 Å². The van der Waals surface area contributed by atoms with E-state index in [1.54, 1.807) is 6.33 Å². The maximum absolute atomic E-state index is 5.53. The maximum Gasteiger partial charge on any atom is 0.148 e. The van der Waals surface area contributed by atoms with Crippen molar-refractivity contribution in [3.05, 3.63) is 11.9 Å². The van der Waals surface area contributed by atoms with Crippen LogP contribution < -0.4 is 16.2 Å². The molecular formula is C14H26N6. The smallest absolute Gasteiger partial charge is 0.148 e. The first-order valence-electron chi connectivity index (χ1n) is 7.35. The van der Waals surface area contributed by atoms with E-state index in [1.807, 2.05) is 0 Å². The van der Waals surface area contributed by atoms with Crippen LogP contribution in [0.5, 0.6) is 0 Å². The van der Waals surface area contributed by atoms with Crippen LogP contribution >= 0.6 is 0 Å².